The Hall–Kier alpha value is -2.60. The number of para-hydroxylation sites is 1. The number of amides is 1. The molecular formula is C22H28N4O2. The number of hydrogen-bond acceptors (Lipinski definition) is 4. The maximum absolute atomic E-state index is 13.1. The third kappa shape index (κ3) is 3.44. The maximum Gasteiger partial charge on any atom is 0.229 e. The van der Waals surface area contributed by atoms with Crippen molar-refractivity contribution in [1.82, 2.24) is 19.4 Å². The van der Waals surface area contributed by atoms with E-state index in [1.165, 1.54) is 10.9 Å². The van der Waals surface area contributed by atoms with Gasteiger partial charge in [-0.3, -0.25) is 9.69 Å². The van der Waals surface area contributed by atoms with Crippen LogP contribution in [0.4, 0.5) is 0 Å². The van der Waals surface area contributed by atoms with E-state index in [9.17, 15) is 4.79 Å². The largest absolute Gasteiger partial charge is 0.444 e. The van der Waals surface area contributed by atoms with E-state index in [4.69, 9.17) is 4.42 Å². The highest BCUT2D eigenvalue weighted by atomic mass is 16.4. The van der Waals surface area contributed by atoms with Crippen LogP contribution >= 0.6 is 0 Å². The van der Waals surface area contributed by atoms with Crippen LogP contribution < -0.4 is 0 Å². The van der Waals surface area contributed by atoms with Gasteiger partial charge in [0.2, 0.25) is 11.8 Å². The van der Waals surface area contributed by atoms with E-state index in [0.717, 1.165) is 49.1 Å². The summed E-state index contributed by atoms with van der Waals surface area (Å²) in [4.78, 5) is 21.9. The molecular weight excluding hydrogens is 352 g/mol. The summed E-state index contributed by atoms with van der Waals surface area (Å²) in [7, 11) is 2.04. The molecule has 0 N–H and O–H groups in total. The van der Waals surface area contributed by atoms with Crippen LogP contribution in [0.2, 0.25) is 0 Å². The van der Waals surface area contributed by atoms with Crippen LogP contribution in [0.1, 0.15) is 35.7 Å². The molecule has 0 saturated carbocycles. The van der Waals surface area contributed by atoms with E-state index < -0.39 is 0 Å². The number of oxazole rings is 1. The number of carbonyl (C=O) groups is 1. The number of aryl methyl sites for hydroxylation is 3. The van der Waals surface area contributed by atoms with Gasteiger partial charge in [0.05, 0.1) is 18.2 Å². The average molecular weight is 380 g/mol. The molecule has 6 heteroatoms. The molecule has 1 aliphatic rings. The summed E-state index contributed by atoms with van der Waals surface area (Å²) in [6.07, 6.45) is 2.09. The molecule has 1 fully saturated rings. The van der Waals surface area contributed by atoms with Crippen molar-refractivity contribution in [2.75, 3.05) is 26.2 Å². The summed E-state index contributed by atoms with van der Waals surface area (Å²) < 4.78 is 7.80. The van der Waals surface area contributed by atoms with Crippen molar-refractivity contribution in [2.24, 2.45) is 7.05 Å². The molecule has 28 heavy (non-hydrogen) atoms. The summed E-state index contributed by atoms with van der Waals surface area (Å²) in [5, 5.41) is 1.17. The van der Waals surface area contributed by atoms with Gasteiger partial charge in [-0.2, -0.15) is 0 Å². The van der Waals surface area contributed by atoms with Gasteiger partial charge in [0.25, 0.3) is 0 Å². The topological polar surface area (TPSA) is 54.5 Å². The second kappa shape index (κ2) is 7.43. The van der Waals surface area contributed by atoms with Gasteiger partial charge in [0.15, 0.2) is 0 Å². The van der Waals surface area contributed by atoms with Crippen LogP contribution in [0.25, 0.3) is 10.9 Å². The highest BCUT2D eigenvalue weighted by Crippen LogP contribution is 2.28. The van der Waals surface area contributed by atoms with Crippen LogP contribution in [-0.2, 0) is 18.4 Å². The minimum absolute atomic E-state index is 0.144. The maximum atomic E-state index is 13.1. The van der Waals surface area contributed by atoms with Gasteiger partial charge in [-0.25, -0.2) is 4.98 Å². The molecule has 0 bridgehead atoms. The van der Waals surface area contributed by atoms with Gasteiger partial charge in [-0.1, -0.05) is 18.2 Å². The second-order valence-electron chi connectivity index (χ2n) is 7.78. The Morgan fingerprint density at radius 2 is 1.89 bits per heavy atom. The molecule has 1 aromatic carbocycles. The molecule has 2 aromatic heterocycles. The van der Waals surface area contributed by atoms with Crippen LogP contribution in [0, 0.1) is 13.8 Å². The highest BCUT2D eigenvalue weighted by molar-refractivity contribution is 5.92. The van der Waals surface area contributed by atoms with Gasteiger partial charge >= 0.3 is 0 Å². The van der Waals surface area contributed by atoms with Crippen LogP contribution in [-0.4, -0.2) is 51.4 Å². The molecule has 6 nitrogen and oxygen atoms in total. The summed E-state index contributed by atoms with van der Waals surface area (Å²) >= 11 is 0. The average Bonchev–Trinajstić information content (AvgIpc) is 3.20. The Morgan fingerprint density at radius 3 is 2.57 bits per heavy atom. The quantitative estimate of drug-likeness (QED) is 0.697. The van der Waals surface area contributed by atoms with Crippen LogP contribution in [0.5, 0.6) is 0 Å². The number of piperazine rings is 1. The summed E-state index contributed by atoms with van der Waals surface area (Å²) in [6.45, 7) is 9.80. The summed E-state index contributed by atoms with van der Waals surface area (Å²) in [5.74, 6) is 1.71. The molecule has 1 amide bonds. The minimum Gasteiger partial charge on any atom is -0.444 e. The zero-order valence-electron chi connectivity index (χ0n) is 17.1. The smallest absolute Gasteiger partial charge is 0.229 e. The SMILES string of the molecule is Cc1nc(CN2CCN(C(=O)C(C)c3cn(C)c4ccccc34)CC2)oc1C. The molecule has 0 radical (unpaired) electrons. The summed E-state index contributed by atoms with van der Waals surface area (Å²) in [6, 6.07) is 8.27. The van der Waals surface area contributed by atoms with E-state index in [2.05, 4.69) is 32.8 Å². The Bertz CT molecular complexity index is 976. The van der Waals surface area contributed by atoms with Crippen molar-refractivity contribution < 1.29 is 9.21 Å². The summed E-state index contributed by atoms with van der Waals surface area (Å²) in [5.41, 5.74) is 3.22. The lowest BCUT2D eigenvalue weighted by Gasteiger charge is -2.35. The van der Waals surface area contributed by atoms with Crippen molar-refractivity contribution in [2.45, 2.75) is 33.2 Å². The predicted molar refractivity (Wildman–Crippen MR) is 109 cm³/mol. The first-order valence-corrected chi connectivity index (χ1v) is 9.92. The molecule has 1 saturated heterocycles. The predicted octanol–water partition coefficient (Wildman–Crippen LogP) is 3.23. The van der Waals surface area contributed by atoms with Crippen molar-refractivity contribution >= 4 is 16.8 Å². The third-order valence-electron chi connectivity index (χ3n) is 5.88. The van der Waals surface area contributed by atoms with E-state index in [0.29, 0.717) is 6.54 Å². The molecule has 1 aliphatic heterocycles. The zero-order valence-corrected chi connectivity index (χ0v) is 17.1. The van der Waals surface area contributed by atoms with Crippen molar-refractivity contribution in [1.29, 1.82) is 0 Å². The lowest BCUT2D eigenvalue weighted by Crippen LogP contribution is -2.49. The lowest BCUT2D eigenvalue weighted by molar-refractivity contribution is -0.134. The molecule has 3 aromatic rings. The van der Waals surface area contributed by atoms with Crippen molar-refractivity contribution in [3.8, 4) is 0 Å². The first kappa shape index (κ1) is 18.7. The Labute approximate surface area is 165 Å². The van der Waals surface area contributed by atoms with E-state index in [-0.39, 0.29) is 11.8 Å². The van der Waals surface area contributed by atoms with E-state index >= 15 is 0 Å². The van der Waals surface area contributed by atoms with Crippen LogP contribution in [0.15, 0.2) is 34.9 Å². The number of carbonyl (C=O) groups excluding carboxylic acids is 1. The molecule has 148 valence electrons. The molecule has 0 aliphatic carbocycles. The fourth-order valence-electron chi connectivity index (χ4n) is 4.05. The molecule has 4 rings (SSSR count). The number of aromatic nitrogens is 2. The first-order valence-electron chi connectivity index (χ1n) is 9.92. The molecule has 1 atom stereocenters. The number of rotatable bonds is 4. The van der Waals surface area contributed by atoms with Gasteiger partial charge in [0, 0.05) is 50.3 Å². The molecule has 1 unspecified atom stereocenters. The van der Waals surface area contributed by atoms with Gasteiger partial charge in [0.1, 0.15) is 5.76 Å². The molecule has 3 heterocycles. The van der Waals surface area contributed by atoms with Gasteiger partial charge < -0.3 is 13.9 Å². The first-order chi connectivity index (χ1) is 13.4. The van der Waals surface area contributed by atoms with Crippen LogP contribution in [0.3, 0.4) is 0 Å². The number of benzene rings is 1. The highest BCUT2D eigenvalue weighted by Gasteiger charge is 2.28. The minimum atomic E-state index is -0.144. The number of fused-ring (bicyclic) bond motifs is 1. The lowest BCUT2D eigenvalue weighted by atomic mass is 9.98. The zero-order chi connectivity index (χ0) is 19.8. The van der Waals surface area contributed by atoms with Gasteiger partial charge in [-0.05, 0) is 32.4 Å². The number of hydrogen-bond donors (Lipinski definition) is 0. The second-order valence-corrected chi connectivity index (χ2v) is 7.78. The molecule has 0 spiro atoms. The Morgan fingerprint density at radius 1 is 1.18 bits per heavy atom. The van der Waals surface area contributed by atoms with Crippen molar-refractivity contribution in [3.05, 3.63) is 53.4 Å². The Kier molecular flexibility index (Phi) is 4.98. The fraction of sp³-hybridized carbons (Fsp3) is 0.455. The Balaban J connectivity index is 1.40. The van der Waals surface area contributed by atoms with E-state index in [1.54, 1.807) is 0 Å². The number of nitrogens with zero attached hydrogens (tertiary/aromatic N) is 4. The monoisotopic (exact) mass is 380 g/mol. The fourth-order valence-corrected chi connectivity index (χ4v) is 4.05. The standard InChI is InChI=1S/C22H28N4O2/c1-15(19-13-24(4)20-8-6-5-7-18(19)20)22(27)26-11-9-25(10-12-26)14-21-23-16(2)17(3)28-21/h5-8,13,15H,9-12,14H2,1-4H3. The van der Waals surface area contributed by atoms with E-state index in [1.807, 2.05) is 44.9 Å². The van der Waals surface area contributed by atoms with Gasteiger partial charge in [-0.15, -0.1) is 0 Å². The van der Waals surface area contributed by atoms with Crippen molar-refractivity contribution in [3.63, 3.8) is 0 Å². The normalized spacial score (nSPS) is 16.6. The third-order valence-corrected chi connectivity index (χ3v) is 5.88.